The van der Waals surface area contributed by atoms with Crippen LogP contribution in [0.5, 0.6) is 0 Å². The van der Waals surface area contributed by atoms with Crippen molar-refractivity contribution in [2.75, 3.05) is 0 Å². The number of carbonyl (C=O) groups is 1. The second-order valence-electron chi connectivity index (χ2n) is 7.28. The Hall–Kier alpha value is -1.84. The molecule has 0 radical (unpaired) electrons. The summed E-state index contributed by atoms with van der Waals surface area (Å²) in [6.45, 7) is 4.84. The first-order valence-electron chi connectivity index (χ1n) is 9.37. The van der Waals surface area contributed by atoms with E-state index in [1.807, 2.05) is 16.8 Å². The van der Waals surface area contributed by atoms with Crippen LogP contribution in [-0.4, -0.2) is 15.3 Å². The first-order valence-corrected chi connectivity index (χ1v) is 9.37. The predicted molar refractivity (Wildman–Crippen MR) is 96.7 cm³/mol. The quantitative estimate of drug-likeness (QED) is 0.862. The second kappa shape index (κ2) is 7.82. The molecule has 1 aliphatic carbocycles. The SMILES string of the molecule is CCCCC1CCC(C(=O)NCc2cn3ccc(C)cc3n2)CC1. The average Bonchev–Trinajstić information content (AvgIpc) is 3.00. The number of imidazole rings is 1. The molecule has 130 valence electrons. The van der Waals surface area contributed by atoms with Crippen LogP contribution in [-0.2, 0) is 11.3 Å². The summed E-state index contributed by atoms with van der Waals surface area (Å²) in [5.41, 5.74) is 3.06. The van der Waals surface area contributed by atoms with Gasteiger partial charge in [-0.25, -0.2) is 4.98 Å². The summed E-state index contributed by atoms with van der Waals surface area (Å²) in [4.78, 5) is 17.0. The maximum absolute atomic E-state index is 12.4. The van der Waals surface area contributed by atoms with Crippen LogP contribution in [0.15, 0.2) is 24.5 Å². The zero-order valence-electron chi connectivity index (χ0n) is 14.9. The fraction of sp³-hybridized carbons (Fsp3) is 0.600. The maximum atomic E-state index is 12.4. The van der Waals surface area contributed by atoms with Crippen LogP contribution in [0.3, 0.4) is 0 Å². The van der Waals surface area contributed by atoms with Gasteiger partial charge in [-0.3, -0.25) is 4.79 Å². The van der Waals surface area contributed by atoms with Gasteiger partial charge in [-0.1, -0.05) is 26.2 Å². The summed E-state index contributed by atoms with van der Waals surface area (Å²) in [5.74, 6) is 1.25. The molecular weight excluding hydrogens is 298 g/mol. The Morgan fingerprint density at radius 3 is 2.88 bits per heavy atom. The Labute approximate surface area is 144 Å². The number of unbranched alkanes of at least 4 members (excludes halogenated alkanes) is 1. The molecule has 2 heterocycles. The van der Waals surface area contributed by atoms with Crippen molar-refractivity contribution in [2.45, 2.75) is 65.3 Å². The van der Waals surface area contributed by atoms with Gasteiger partial charge < -0.3 is 9.72 Å². The van der Waals surface area contributed by atoms with Gasteiger partial charge in [0.2, 0.25) is 5.91 Å². The van der Waals surface area contributed by atoms with Crippen molar-refractivity contribution in [3.05, 3.63) is 35.8 Å². The van der Waals surface area contributed by atoms with E-state index in [9.17, 15) is 4.79 Å². The predicted octanol–water partition coefficient (Wildman–Crippen LogP) is 4.26. The van der Waals surface area contributed by atoms with Crippen molar-refractivity contribution in [1.29, 1.82) is 0 Å². The van der Waals surface area contributed by atoms with E-state index in [0.29, 0.717) is 6.54 Å². The zero-order chi connectivity index (χ0) is 16.9. The number of carbonyl (C=O) groups excluding carboxylic acids is 1. The Balaban J connectivity index is 1.48. The van der Waals surface area contributed by atoms with Gasteiger partial charge in [-0.05, 0) is 56.2 Å². The number of hydrogen-bond donors (Lipinski definition) is 1. The fourth-order valence-electron chi connectivity index (χ4n) is 3.75. The molecule has 24 heavy (non-hydrogen) atoms. The Kier molecular flexibility index (Phi) is 5.54. The first kappa shape index (κ1) is 17.0. The van der Waals surface area contributed by atoms with Crippen molar-refractivity contribution in [1.82, 2.24) is 14.7 Å². The molecule has 4 nitrogen and oxygen atoms in total. The van der Waals surface area contributed by atoms with Crippen LogP contribution in [0, 0.1) is 18.8 Å². The highest BCUT2D eigenvalue weighted by atomic mass is 16.1. The van der Waals surface area contributed by atoms with Crippen molar-refractivity contribution >= 4 is 11.6 Å². The average molecular weight is 327 g/mol. The highest BCUT2D eigenvalue weighted by molar-refractivity contribution is 5.78. The molecule has 3 rings (SSSR count). The minimum atomic E-state index is 0.196. The minimum Gasteiger partial charge on any atom is -0.350 e. The summed E-state index contributed by atoms with van der Waals surface area (Å²) < 4.78 is 2.01. The lowest BCUT2D eigenvalue weighted by atomic mass is 9.79. The van der Waals surface area contributed by atoms with E-state index in [-0.39, 0.29) is 11.8 Å². The second-order valence-corrected chi connectivity index (χ2v) is 7.28. The molecule has 1 saturated carbocycles. The number of fused-ring (bicyclic) bond motifs is 1. The molecule has 0 bridgehead atoms. The highest BCUT2D eigenvalue weighted by Crippen LogP contribution is 2.32. The van der Waals surface area contributed by atoms with Gasteiger partial charge >= 0.3 is 0 Å². The van der Waals surface area contributed by atoms with Gasteiger partial charge in [0.15, 0.2) is 0 Å². The monoisotopic (exact) mass is 327 g/mol. The summed E-state index contributed by atoms with van der Waals surface area (Å²) in [5, 5.41) is 3.09. The Morgan fingerprint density at radius 2 is 2.12 bits per heavy atom. The molecule has 1 N–H and O–H groups in total. The molecule has 0 unspecified atom stereocenters. The van der Waals surface area contributed by atoms with Crippen molar-refractivity contribution in [3.63, 3.8) is 0 Å². The molecule has 0 atom stereocenters. The lowest BCUT2D eigenvalue weighted by Crippen LogP contribution is -2.32. The topological polar surface area (TPSA) is 46.4 Å². The van der Waals surface area contributed by atoms with Crippen molar-refractivity contribution in [3.8, 4) is 0 Å². The van der Waals surface area contributed by atoms with E-state index in [1.165, 1.54) is 37.7 Å². The summed E-state index contributed by atoms with van der Waals surface area (Å²) in [6.07, 6.45) is 12.5. The third-order valence-corrected chi connectivity index (χ3v) is 5.29. The highest BCUT2D eigenvalue weighted by Gasteiger charge is 2.25. The van der Waals surface area contributed by atoms with E-state index < -0.39 is 0 Å². The number of aromatic nitrogens is 2. The molecule has 0 saturated heterocycles. The Morgan fingerprint density at radius 1 is 1.33 bits per heavy atom. The molecule has 0 spiro atoms. The van der Waals surface area contributed by atoms with Crippen LogP contribution in [0.4, 0.5) is 0 Å². The molecule has 1 amide bonds. The number of rotatable bonds is 6. The van der Waals surface area contributed by atoms with E-state index in [2.05, 4.69) is 36.3 Å². The van der Waals surface area contributed by atoms with Gasteiger partial charge in [0, 0.05) is 18.3 Å². The standard InChI is InChI=1S/C20H29N3O/c1-3-4-5-16-6-8-17(9-7-16)20(24)21-13-18-14-23-11-10-15(2)12-19(23)22-18/h10-12,14,16-17H,3-9,13H2,1-2H3,(H,21,24). The molecule has 4 heteroatoms. The summed E-state index contributed by atoms with van der Waals surface area (Å²) >= 11 is 0. The van der Waals surface area contributed by atoms with Crippen LogP contribution in [0.2, 0.25) is 0 Å². The summed E-state index contributed by atoms with van der Waals surface area (Å²) in [7, 11) is 0. The number of amides is 1. The van der Waals surface area contributed by atoms with Gasteiger partial charge in [-0.2, -0.15) is 0 Å². The van der Waals surface area contributed by atoms with E-state index in [4.69, 9.17) is 0 Å². The minimum absolute atomic E-state index is 0.196. The number of nitrogens with zero attached hydrogens (tertiary/aromatic N) is 2. The van der Waals surface area contributed by atoms with Gasteiger partial charge in [-0.15, -0.1) is 0 Å². The zero-order valence-corrected chi connectivity index (χ0v) is 14.9. The number of pyridine rings is 1. The van der Waals surface area contributed by atoms with Gasteiger partial charge in [0.25, 0.3) is 0 Å². The van der Waals surface area contributed by atoms with Gasteiger partial charge in [0.05, 0.1) is 12.2 Å². The molecule has 0 aliphatic heterocycles. The molecule has 0 aromatic carbocycles. The fourth-order valence-corrected chi connectivity index (χ4v) is 3.75. The molecule has 1 aliphatic rings. The molecular formula is C20H29N3O. The molecule has 2 aromatic heterocycles. The first-order chi connectivity index (χ1) is 11.7. The number of nitrogens with one attached hydrogen (secondary N) is 1. The lowest BCUT2D eigenvalue weighted by molar-refractivity contribution is -0.126. The van der Waals surface area contributed by atoms with E-state index >= 15 is 0 Å². The van der Waals surface area contributed by atoms with Crippen molar-refractivity contribution in [2.24, 2.45) is 11.8 Å². The van der Waals surface area contributed by atoms with Crippen LogP contribution in [0.25, 0.3) is 5.65 Å². The van der Waals surface area contributed by atoms with Crippen LogP contribution in [0.1, 0.15) is 63.1 Å². The van der Waals surface area contributed by atoms with Gasteiger partial charge in [0.1, 0.15) is 5.65 Å². The lowest BCUT2D eigenvalue weighted by Gasteiger charge is -2.27. The smallest absolute Gasteiger partial charge is 0.223 e. The summed E-state index contributed by atoms with van der Waals surface area (Å²) in [6, 6.07) is 4.12. The molecule has 2 aromatic rings. The number of aryl methyl sites for hydroxylation is 1. The van der Waals surface area contributed by atoms with E-state index in [1.54, 1.807) is 0 Å². The Bertz CT molecular complexity index is 683. The van der Waals surface area contributed by atoms with Crippen molar-refractivity contribution < 1.29 is 4.79 Å². The largest absolute Gasteiger partial charge is 0.350 e. The maximum Gasteiger partial charge on any atom is 0.223 e. The third-order valence-electron chi connectivity index (χ3n) is 5.29. The van der Waals surface area contributed by atoms with Crippen LogP contribution < -0.4 is 5.32 Å². The third kappa shape index (κ3) is 4.16. The van der Waals surface area contributed by atoms with Crippen LogP contribution >= 0.6 is 0 Å². The van der Waals surface area contributed by atoms with E-state index in [0.717, 1.165) is 30.1 Å². The number of hydrogen-bond acceptors (Lipinski definition) is 2. The normalized spacial score (nSPS) is 21.1. The molecule has 1 fully saturated rings.